The largest absolute Gasteiger partial charge is 0.507 e. The number of aliphatic hydroxyl groups is 1. The topological polar surface area (TPSA) is 66.8 Å². The lowest BCUT2D eigenvalue weighted by molar-refractivity contribution is -0.132. The molecule has 0 aliphatic carbocycles. The molecule has 35 heavy (non-hydrogen) atoms. The highest BCUT2D eigenvalue weighted by molar-refractivity contribution is 6.51. The first-order chi connectivity index (χ1) is 16.5. The first-order valence-electron chi connectivity index (χ1n) is 11.0. The van der Waals surface area contributed by atoms with Crippen LogP contribution in [0.5, 0.6) is 5.75 Å². The molecule has 0 bridgehead atoms. The fourth-order valence-electron chi connectivity index (χ4n) is 4.31. The monoisotopic (exact) mass is 477 g/mol. The predicted octanol–water partition coefficient (Wildman–Crippen LogP) is 5.90. The van der Waals surface area contributed by atoms with Crippen LogP contribution in [0.1, 0.15) is 43.5 Å². The van der Waals surface area contributed by atoms with E-state index in [-0.39, 0.29) is 16.7 Å². The van der Waals surface area contributed by atoms with E-state index in [1.165, 1.54) is 0 Å². The Balaban J connectivity index is 1.97. The maximum atomic E-state index is 14.8. The molecule has 0 aromatic heterocycles. The average molecular weight is 478 g/mol. The first kappa shape index (κ1) is 24.1. The van der Waals surface area contributed by atoms with Gasteiger partial charge in [-0.25, -0.2) is 8.78 Å². The fraction of sp³-hybridized carbons (Fsp3) is 0.214. The summed E-state index contributed by atoms with van der Waals surface area (Å²) in [6, 6.07) is 15.2. The highest BCUT2D eigenvalue weighted by atomic mass is 19.1. The van der Waals surface area contributed by atoms with Crippen LogP contribution in [0.4, 0.5) is 14.5 Å². The molecule has 180 valence electrons. The van der Waals surface area contributed by atoms with Gasteiger partial charge in [-0.15, -0.1) is 0 Å². The number of carbonyl (C=O) groups excluding carboxylic acids is 2. The van der Waals surface area contributed by atoms with E-state index in [9.17, 15) is 23.5 Å². The van der Waals surface area contributed by atoms with Gasteiger partial charge in [0.2, 0.25) is 0 Å². The van der Waals surface area contributed by atoms with Crippen LogP contribution in [-0.4, -0.2) is 23.9 Å². The molecule has 5 nitrogen and oxygen atoms in total. The molecule has 1 unspecified atom stereocenters. The van der Waals surface area contributed by atoms with Gasteiger partial charge < -0.3 is 9.84 Å². The SMILES string of the molecule is COc1ccc(/C(O)=C2/C(=O)C(=O)N(c3ccc(F)cc3F)C2c2ccccc2)cc1C(C)(C)C. The summed E-state index contributed by atoms with van der Waals surface area (Å²) in [5.41, 5.74) is 0.806. The van der Waals surface area contributed by atoms with E-state index >= 15 is 0 Å². The van der Waals surface area contributed by atoms with Crippen molar-refractivity contribution in [1.82, 2.24) is 0 Å². The average Bonchev–Trinajstić information content (AvgIpc) is 3.08. The molecule has 0 radical (unpaired) electrons. The molecule has 1 aliphatic heterocycles. The summed E-state index contributed by atoms with van der Waals surface area (Å²) in [6.07, 6.45) is 0. The number of aliphatic hydroxyl groups excluding tert-OH is 1. The van der Waals surface area contributed by atoms with Crippen LogP contribution in [-0.2, 0) is 15.0 Å². The molecule has 3 aromatic carbocycles. The quantitative estimate of drug-likeness (QED) is 0.289. The number of anilines is 1. The number of nitrogens with zero attached hydrogens (tertiary/aromatic N) is 1. The van der Waals surface area contributed by atoms with Gasteiger partial charge in [-0.3, -0.25) is 14.5 Å². The molecule has 1 N–H and O–H groups in total. The Bertz CT molecular complexity index is 1340. The van der Waals surface area contributed by atoms with Gasteiger partial charge in [0, 0.05) is 17.2 Å². The second-order valence-corrected chi connectivity index (χ2v) is 9.34. The molecule has 1 atom stereocenters. The van der Waals surface area contributed by atoms with Crippen LogP contribution >= 0.6 is 0 Å². The zero-order chi connectivity index (χ0) is 25.5. The molecule has 1 aliphatic rings. The Kier molecular flexibility index (Phi) is 6.19. The molecule has 0 saturated carbocycles. The van der Waals surface area contributed by atoms with Crippen LogP contribution in [0.25, 0.3) is 5.76 Å². The third-order valence-electron chi connectivity index (χ3n) is 6.01. The van der Waals surface area contributed by atoms with Crippen molar-refractivity contribution in [2.45, 2.75) is 32.2 Å². The zero-order valence-corrected chi connectivity index (χ0v) is 19.8. The smallest absolute Gasteiger partial charge is 0.300 e. The summed E-state index contributed by atoms with van der Waals surface area (Å²) in [6.45, 7) is 5.94. The number of rotatable bonds is 4. The summed E-state index contributed by atoms with van der Waals surface area (Å²) in [5.74, 6) is -3.57. The van der Waals surface area contributed by atoms with Gasteiger partial charge in [-0.1, -0.05) is 51.1 Å². The van der Waals surface area contributed by atoms with E-state index < -0.39 is 35.1 Å². The van der Waals surface area contributed by atoms with Crippen molar-refractivity contribution in [2.24, 2.45) is 0 Å². The number of hydrogen-bond acceptors (Lipinski definition) is 4. The number of amides is 1. The third-order valence-corrected chi connectivity index (χ3v) is 6.01. The molecule has 1 saturated heterocycles. The molecule has 7 heteroatoms. The van der Waals surface area contributed by atoms with Crippen molar-refractivity contribution < 1.29 is 28.2 Å². The van der Waals surface area contributed by atoms with E-state index in [4.69, 9.17) is 4.74 Å². The van der Waals surface area contributed by atoms with Gasteiger partial charge in [0.15, 0.2) is 0 Å². The standard InChI is InChI=1S/C28H25F2NO4/c1-28(2,3)19-14-17(10-13-22(19)35-4)25(32)23-24(16-8-6-5-7-9-16)31(27(34)26(23)33)21-12-11-18(29)15-20(21)30/h5-15,24,32H,1-4H3/b25-23-. The number of halogens is 2. The normalized spacial score (nSPS) is 17.7. The van der Waals surface area contributed by atoms with Gasteiger partial charge in [0.05, 0.1) is 24.4 Å². The van der Waals surface area contributed by atoms with Crippen molar-refractivity contribution in [3.63, 3.8) is 0 Å². The van der Waals surface area contributed by atoms with Gasteiger partial charge in [-0.05, 0) is 41.3 Å². The first-order valence-corrected chi connectivity index (χ1v) is 11.0. The number of ether oxygens (including phenoxy) is 1. The number of hydrogen-bond donors (Lipinski definition) is 1. The molecule has 3 aromatic rings. The maximum absolute atomic E-state index is 14.8. The second kappa shape index (κ2) is 8.98. The van der Waals surface area contributed by atoms with Crippen molar-refractivity contribution in [1.29, 1.82) is 0 Å². The van der Waals surface area contributed by atoms with E-state index in [1.54, 1.807) is 55.6 Å². The number of methoxy groups -OCH3 is 1. The van der Waals surface area contributed by atoms with Crippen molar-refractivity contribution in [2.75, 3.05) is 12.0 Å². The summed E-state index contributed by atoms with van der Waals surface area (Å²) < 4.78 is 33.8. The number of benzene rings is 3. The highest BCUT2D eigenvalue weighted by Gasteiger charge is 2.47. The molecule has 1 heterocycles. The Labute approximate surface area is 202 Å². The number of carbonyl (C=O) groups is 2. The molecule has 1 amide bonds. The lowest BCUT2D eigenvalue weighted by atomic mass is 9.84. The van der Waals surface area contributed by atoms with Gasteiger partial charge in [-0.2, -0.15) is 0 Å². The minimum Gasteiger partial charge on any atom is -0.507 e. The summed E-state index contributed by atoms with van der Waals surface area (Å²) in [7, 11) is 1.54. The molecule has 4 rings (SSSR count). The Hall–Kier alpha value is -4.00. The van der Waals surface area contributed by atoms with Crippen molar-refractivity contribution in [3.05, 3.63) is 101 Å². The fourth-order valence-corrected chi connectivity index (χ4v) is 4.31. The zero-order valence-electron chi connectivity index (χ0n) is 19.8. The highest BCUT2D eigenvalue weighted by Crippen LogP contribution is 2.43. The van der Waals surface area contributed by atoms with Crippen molar-refractivity contribution in [3.8, 4) is 5.75 Å². The number of ketones is 1. The van der Waals surface area contributed by atoms with Crippen LogP contribution in [0.2, 0.25) is 0 Å². The molecule has 0 spiro atoms. The Morgan fingerprint density at radius 3 is 2.26 bits per heavy atom. The van der Waals surface area contributed by atoms with Gasteiger partial charge in [0.1, 0.15) is 23.1 Å². The maximum Gasteiger partial charge on any atom is 0.300 e. The van der Waals surface area contributed by atoms with Crippen LogP contribution in [0, 0.1) is 11.6 Å². The minimum atomic E-state index is -1.11. The predicted molar refractivity (Wildman–Crippen MR) is 129 cm³/mol. The molecule has 1 fully saturated rings. The lowest BCUT2D eigenvalue weighted by Gasteiger charge is -2.26. The summed E-state index contributed by atoms with van der Waals surface area (Å²) in [4.78, 5) is 27.4. The number of Topliss-reactive ketones (excluding diaryl/α,β-unsaturated/α-hetero) is 1. The molecular weight excluding hydrogens is 452 g/mol. The van der Waals surface area contributed by atoms with Crippen LogP contribution in [0.3, 0.4) is 0 Å². The Morgan fingerprint density at radius 1 is 0.971 bits per heavy atom. The lowest BCUT2D eigenvalue weighted by Crippen LogP contribution is -2.30. The van der Waals surface area contributed by atoms with Crippen molar-refractivity contribution >= 4 is 23.1 Å². The summed E-state index contributed by atoms with van der Waals surface area (Å²) >= 11 is 0. The van der Waals surface area contributed by atoms with Gasteiger partial charge >= 0.3 is 0 Å². The van der Waals surface area contributed by atoms with E-state index in [0.717, 1.165) is 22.6 Å². The Morgan fingerprint density at radius 2 is 1.66 bits per heavy atom. The van der Waals surface area contributed by atoms with Gasteiger partial charge in [0.25, 0.3) is 11.7 Å². The van der Waals surface area contributed by atoms with E-state index in [2.05, 4.69) is 0 Å². The van der Waals surface area contributed by atoms with E-state index in [1.807, 2.05) is 20.8 Å². The minimum absolute atomic E-state index is 0.185. The molecular formula is C28H25F2NO4. The second-order valence-electron chi connectivity index (χ2n) is 9.34. The summed E-state index contributed by atoms with van der Waals surface area (Å²) in [5, 5.41) is 11.4. The third kappa shape index (κ3) is 4.30. The van der Waals surface area contributed by atoms with Crippen LogP contribution < -0.4 is 9.64 Å². The van der Waals surface area contributed by atoms with Crippen LogP contribution in [0.15, 0.2) is 72.3 Å². The van der Waals surface area contributed by atoms with E-state index in [0.29, 0.717) is 22.9 Å².